The molecular formula is C6H15O7P. The number of hydrogen-bond donors (Lipinski definition) is 3. The quantitative estimate of drug-likeness (QED) is 0.457. The molecule has 0 unspecified atom stereocenters. The minimum absolute atomic E-state index is 0.105. The van der Waals surface area contributed by atoms with Gasteiger partial charge in [0.2, 0.25) is 0 Å². The lowest BCUT2D eigenvalue weighted by molar-refractivity contribution is -0.138. The lowest BCUT2D eigenvalue weighted by Crippen LogP contribution is -2.01. The first kappa shape index (κ1) is 16.0. The van der Waals surface area contributed by atoms with Gasteiger partial charge in [-0.25, -0.2) is 4.57 Å². The highest BCUT2D eigenvalue weighted by Crippen LogP contribution is 2.33. The largest absolute Gasteiger partial charge is 0.481 e. The van der Waals surface area contributed by atoms with Crippen molar-refractivity contribution in [1.82, 2.24) is 0 Å². The molecule has 0 spiro atoms. The Bertz CT molecular complexity index is 187. The van der Waals surface area contributed by atoms with Crippen LogP contribution < -0.4 is 0 Å². The third-order valence-electron chi connectivity index (χ3n) is 0.902. The summed E-state index contributed by atoms with van der Waals surface area (Å²) in [5.41, 5.74) is 0. The molecule has 0 radical (unpaired) electrons. The van der Waals surface area contributed by atoms with E-state index in [2.05, 4.69) is 4.52 Å². The van der Waals surface area contributed by atoms with Crippen LogP contribution in [0.5, 0.6) is 0 Å². The molecule has 0 heterocycles. The zero-order valence-corrected chi connectivity index (χ0v) is 8.94. The highest BCUT2D eigenvalue weighted by atomic mass is 31.2. The van der Waals surface area contributed by atoms with E-state index in [1.54, 1.807) is 0 Å². The van der Waals surface area contributed by atoms with Crippen LogP contribution in [0, 0.1) is 0 Å². The smallest absolute Gasteiger partial charge is 0.469 e. The Balaban J connectivity index is 0. The van der Waals surface area contributed by atoms with Gasteiger partial charge >= 0.3 is 13.8 Å². The maximum atomic E-state index is 9.79. The summed E-state index contributed by atoms with van der Waals surface area (Å²) in [6.07, 6.45) is 0.105. The van der Waals surface area contributed by atoms with Crippen molar-refractivity contribution in [3.05, 3.63) is 0 Å². The van der Waals surface area contributed by atoms with Crippen molar-refractivity contribution in [2.75, 3.05) is 20.3 Å². The van der Waals surface area contributed by atoms with Crippen molar-refractivity contribution in [3.8, 4) is 0 Å². The van der Waals surface area contributed by atoms with Gasteiger partial charge in [-0.15, -0.1) is 0 Å². The number of carboxylic acids is 1. The molecule has 0 amide bonds. The van der Waals surface area contributed by atoms with E-state index in [9.17, 15) is 9.36 Å². The van der Waals surface area contributed by atoms with Crippen LogP contribution in [0.15, 0.2) is 0 Å². The average molecular weight is 230 g/mol. The van der Waals surface area contributed by atoms with E-state index in [0.29, 0.717) is 13.2 Å². The van der Waals surface area contributed by atoms with Crippen LogP contribution in [0.3, 0.4) is 0 Å². The maximum absolute atomic E-state index is 9.79. The summed E-state index contributed by atoms with van der Waals surface area (Å²) in [5, 5.41) is 8.06. The van der Waals surface area contributed by atoms with Crippen LogP contribution >= 0.6 is 7.82 Å². The van der Waals surface area contributed by atoms with Gasteiger partial charge in [-0.3, -0.25) is 9.32 Å². The Hall–Kier alpha value is -0.460. The van der Waals surface area contributed by atoms with E-state index in [-0.39, 0.29) is 6.42 Å². The molecule has 14 heavy (non-hydrogen) atoms. The number of phosphoric acid groups is 1. The molecule has 0 aromatic carbocycles. The highest BCUT2D eigenvalue weighted by Gasteiger charge is 2.07. The molecule has 0 aliphatic carbocycles. The number of aliphatic carboxylic acids is 1. The summed E-state index contributed by atoms with van der Waals surface area (Å²) in [6.45, 7) is 2.75. The fourth-order valence-electron chi connectivity index (χ4n) is 0.304. The van der Waals surface area contributed by atoms with Gasteiger partial charge < -0.3 is 19.6 Å². The van der Waals surface area contributed by atoms with E-state index in [4.69, 9.17) is 19.6 Å². The maximum Gasteiger partial charge on any atom is 0.469 e. The van der Waals surface area contributed by atoms with Crippen molar-refractivity contribution in [2.45, 2.75) is 13.3 Å². The summed E-state index contributed by atoms with van der Waals surface area (Å²) in [6, 6.07) is 0. The number of rotatable bonds is 5. The molecule has 7 nitrogen and oxygen atoms in total. The van der Waals surface area contributed by atoms with Gasteiger partial charge in [0.15, 0.2) is 0 Å². The van der Waals surface area contributed by atoms with Gasteiger partial charge in [0, 0.05) is 13.7 Å². The number of hydrogen-bond acceptors (Lipinski definition) is 4. The predicted octanol–water partition coefficient (Wildman–Crippen LogP) is 0.223. The second-order valence-corrected chi connectivity index (χ2v) is 3.36. The minimum Gasteiger partial charge on any atom is -0.481 e. The number of phosphoric ester groups is 1. The van der Waals surface area contributed by atoms with Crippen LogP contribution in [0.2, 0.25) is 0 Å². The molecule has 0 saturated heterocycles. The van der Waals surface area contributed by atoms with E-state index in [0.717, 1.165) is 7.11 Å². The third kappa shape index (κ3) is 22.5. The molecular weight excluding hydrogens is 215 g/mol. The van der Waals surface area contributed by atoms with Crippen LogP contribution in [0.1, 0.15) is 13.3 Å². The Morgan fingerprint density at radius 1 is 1.43 bits per heavy atom. The van der Waals surface area contributed by atoms with Crippen LogP contribution in [0.25, 0.3) is 0 Å². The lowest BCUT2D eigenvalue weighted by Gasteiger charge is -1.93. The Morgan fingerprint density at radius 2 is 1.86 bits per heavy atom. The molecule has 0 bridgehead atoms. The SMILES string of the molecule is CCOCCC(=O)O.COP(=O)(O)O. The first-order valence-electron chi connectivity index (χ1n) is 3.74. The summed E-state index contributed by atoms with van der Waals surface area (Å²) < 4.78 is 17.8. The van der Waals surface area contributed by atoms with Crippen LogP contribution in [0.4, 0.5) is 0 Å². The van der Waals surface area contributed by atoms with Gasteiger partial charge in [-0.1, -0.05) is 0 Å². The van der Waals surface area contributed by atoms with Crippen molar-refractivity contribution < 1.29 is 33.5 Å². The van der Waals surface area contributed by atoms with E-state index in [1.807, 2.05) is 6.92 Å². The van der Waals surface area contributed by atoms with Crippen molar-refractivity contribution >= 4 is 13.8 Å². The summed E-state index contributed by atoms with van der Waals surface area (Å²) in [5.74, 6) is -0.807. The number of carbonyl (C=O) groups is 1. The van der Waals surface area contributed by atoms with Crippen molar-refractivity contribution in [1.29, 1.82) is 0 Å². The Morgan fingerprint density at radius 3 is 2.07 bits per heavy atom. The molecule has 8 heteroatoms. The molecule has 0 saturated carbocycles. The van der Waals surface area contributed by atoms with Crippen LogP contribution in [-0.2, 0) is 18.6 Å². The van der Waals surface area contributed by atoms with E-state index >= 15 is 0 Å². The second-order valence-electron chi connectivity index (χ2n) is 2.01. The normalized spacial score (nSPS) is 10.3. The lowest BCUT2D eigenvalue weighted by atomic mass is 10.5. The molecule has 0 rings (SSSR count). The second kappa shape index (κ2) is 9.11. The monoisotopic (exact) mass is 230 g/mol. The summed E-state index contributed by atoms with van der Waals surface area (Å²) in [4.78, 5) is 25.2. The molecule has 0 aromatic rings. The Kier molecular flexibility index (Phi) is 10.4. The first-order valence-corrected chi connectivity index (χ1v) is 5.27. The van der Waals surface area contributed by atoms with Gasteiger partial charge in [-0.2, -0.15) is 0 Å². The predicted molar refractivity (Wildman–Crippen MR) is 47.8 cm³/mol. The summed E-state index contributed by atoms with van der Waals surface area (Å²) >= 11 is 0. The molecule has 0 atom stereocenters. The van der Waals surface area contributed by atoms with Crippen molar-refractivity contribution in [3.63, 3.8) is 0 Å². The zero-order chi connectivity index (χ0) is 11.6. The van der Waals surface area contributed by atoms with E-state index in [1.165, 1.54) is 0 Å². The highest BCUT2D eigenvalue weighted by molar-refractivity contribution is 7.46. The minimum atomic E-state index is -4.15. The summed E-state index contributed by atoms with van der Waals surface area (Å²) in [7, 11) is -3.20. The average Bonchev–Trinajstić information content (AvgIpc) is 2.04. The van der Waals surface area contributed by atoms with Crippen LogP contribution in [-0.4, -0.2) is 41.2 Å². The molecule has 0 aliphatic heterocycles. The fourth-order valence-corrected chi connectivity index (χ4v) is 0.304. The molecule has 0 fully saturated rings. The standard InChI is InChI=1S/C5H10O3.CH5O4P/c1-2-8-4-3-5(6)7;1-5-6(2,3)4/h2-4H2,1H3,(H,6,7);1H3,(H2,2,3,4). The Labute approximate surface area is 81.9 Å². The fraction of sp³-hybridized carbons (Fsp3) is 0.833. The van der Waals surface area contributed by atoms with Gasteiger partial charge in [0.05, 0.1) is 13.0 Å². The zero-order valence-electron chi connectivity index (χ0n) is 8.04. The van der Waals surface area contributed by atoms with Gasteiger partial charge in [0.1, 0.15) is 0 Å². The molecule has 0 aromatic heterocycles. The topological polar surface area (TPSA) is 113 Å². The molecule has 0 aliphatic rings. The third-order valence-corrected chi connectivity index (χ3v) is 1.38. The van der Waals surface area contributed by atoms with E-state index < -0.39 is 13.8 Å². The van der Waals surface area contributed by atoms with Gasteiger partial charge in [-0.05, 0) is 6.92 Å². The molecule has 86 valence electrons. The number of carboxylic acid groups (broad SMARTS) is 1. The number of ether oxygens (including phenoxy) is 1. The molecule has 3 N–H and O–H groups in total. The van der Waals surface area contributed by atoms with Crippen molar-refractivity contribution in [2.24, 2.45) is 0 Å². The first-order chi connectivity index (χ1) is 6.33. The van der Waals surface area contributed by atoms with Gasteiger partial charge in [0.25, 0.3) is 0 Å².